The van der Waals surface area contributed by atoms with Crippen molar-refractivity contribution in [3.63, 3.8) is 0 Å². The molecule has 1 aliphatic rings. The SMILES string of the molecule is CCNC1CC(c2ccc(Cl)cc2Cl)C1(C)CC. The van der Waals surface area contributed by atoms with Crippen molar-refractivity contribution in [2.24, 2.45) is 5.41 Å². The zero-order chi connectivity index (χ0) is 13.3. The lowest BCUT2D eigenvalue weighted by Crippen LogP contribution is -2.56. The first-order valence-corrected chi connectivity index (χ1v) is 7.46. The number of hydrogen-bond donors (Lipinski definition) is 1. The van der Waals surface area contributed by atoms with E-state index in [9.17, 15) is 0 Å². The molecule has 0 heterocycles. The van der Waals surface area contributed by atoms with Crippen LogP contribution in [0.2, 0.25) is 10.0 Å². The molecule has 3 atom stereocenters. The van der Waals surface area contributed by atoms with Crippen LogP contribution >= 0.6 is 23.2 Å². The highest BCUT2D eigenvalue weighted by atomic mass is 35.5. The second kappa shape index (κ2) is 5.40. The van der Waals surface area contributed by atoms with E-state index in [4.69, 9.17) is 23.2 Å². The third kappa shape index (κ3) is 2.29. The lowest BCUT2D eigenvalue weighted by atomic mass is 9.54. The molecule has 0 aliphatic heterocycles. The molecule has 0 bridgehead atoms. The van der Waals surface area contributed by atoms with Crippen LogP contribution in [0.4, 0.5) is 0 Å². The summed E-state index contributed by atoms with van der Waals surface area (Å²) in [5.41, 5.74) is 1.55. The molecule has 1 saturated carbocycles. The van der Waals surface area contributed by atoms with Gasteiger partial charge in [0.25, 0.3) is 0 Å². The molecule has 0 aromatic heterocycles. The first-order chi connectivity index (χ1) is 8.52. The fraction of sp³-hybridized carbons (Fsp3) is 0.600. The van der Waals surface area contributed by atoms with Gasteiger partial charge in [-0.05, 0) is 48.4 Å². The van der Waals surface area contributed by atoms with Crippen LogP contribution in [-0.4, -0.2) is 12.6 Å². The third-order valence-corrected chi connectivity index (χ3v) is 5.18. The maximum absolute atomic E-state index is 6.34. The van der Waals surface area contributed by atoms with E-state index < -0.39 is 0 Å². The molecule has 2 rings (SSSR count). The van der Waals surface area contributed by atoms with E-state index in [-0.39, 0.29) is 0 Å². The first-order valence-electron chi connectivity index (χ1n) is 6.71. The maximum Gasteiger partial charge on any atom is 0.0455 e. The van der Waals surface area contributed by atoms with Gasteiger partial charge in [-0.2, -0.15) is 0 Å². The summed E-state index contributed by atoms with van der Waals surface area (Å²) in [5, 5.41) is 5.10. The van der Waals surface area contributed by atoms with Crippen molar-refractivity contribution in [3.05, 3.63) is 33.8 Å². The molecule has 1 aromatic rings. The van der Waals surface area contributed by atoms with Gasteiger partial charge in [0.1, 0.15) is 0 Å². The quantitative estimate of drug-likeness (QED) is 0.832. The average Bonchev–Trinajstić information content (AvgIpc) is 2.34. The average molecular weight is 286 g/mol. The maximum atomic E-state index is 6.34. The van der Waals surface area contributed by atoms with Gasteiger partial charge in [-0.3, -0.25) is 0 Å². The van der Waals surface area contributed by atoms with Gasteiger partial charge in [0.15, 0.2) is 0 Å². The van der Waals surface area contributed by atoms with Crippen molar-refractivity contribution < 1.29 is 0 Å². The lowest BCUT2D eigenvalue weighted by Gasteiger charge is -2.55. The summed E-state index contributed by atoms with van der Waals surface area (Å²) in [6.07, 6.45) is 2.33. The van der Waals surface area contributed by atoms with Crippen molar-refractivity contribution >= 4 is 23.2 Å². The summed E-state index contributed by atoms with van der Waals surface area (Å²) in [6, 6.07) is 6.49. The molecule has 18 heavy (non-hydrogen) atoms. The first kappa shape index (κ1) is 14.2. The van der Waals surface area contributed by atoms with Gasteiger partial charge in [-0.25, -0.2) is 0 Å². The number of rotatable bonds is 4. The Hall–Kier alpha value is -0.240. The Morgan fingerprint density at radius 3 is 2.61 bits per heavy atom. The fourth-order valence-electron chi connectivity index (χ4n) is 3.18. The van der Waals surface area contributed by atoms with Gasteiger partial charge < -0.3 is 5.32 Å². The molecule has 1 aliphatic carbocycles. The monoisotopic (exact) mass is 285 g/mol. The van der Waals surface area contributed by atoms with Gasteiger partial charge in [0.2, 0.25) is 0 Å². The minimum absolute atomic E-state index is 0.299. The van der Waals surface area contributed by atoms with Gasteiger partial charge in [0, 0.05) is 16.1 Å². The lowest BCUT2D eigenvalue weighted by molar-refractivity contribution is 0.0456. The van der Waals surface area contributed by atoms with Crippen molar-refractivity contribution in [2.75, 3.05) is 6.54 Å². The molecule has 3 heteroatoms. The number of nitrogens with one attached hydrogen (secondary N) is 1. The Morgan fingerprint density at radius 2 is 2.06 bits per heavy atom. The molecule has 0 saturated heterocycles. The Kier molecular flexibility index (Phi) is 4.25. The van der Waals surface area contributed by atoms with Crippen LogP contribution in [0.5, 0.6) is 0 Å². The highest BCUT2D eigenvalue weighted by Gasteiger charge is 2.50. The molecule has 3 unspecified atom stereocenters. The number of hydrogen-bond acceptors (Lipinski definition) is 1. The smallest absolute Gasteiger partial charge is 0.0455 e. The van der Waals surface area contributed by atoms with Crippen molar-refractivity contribution in [1.29, 1.82) is 0 Å². The van der Waals surface area contributed by atoms with E-state index in [0.29, 0.717) is 22.4 Å². The molecule has 1 fully saturated rings. The molecular formula is C15H21Cl2N. The fourth-order valence-corrected chi connectivity index (χ4v) is 3.72. The van der Waals surface area contributed by atoms with Gasteiger partial charge in [0.05, 0.1) is 0 Å². The minimum atomic E-state index is 0.299. The van der Waals surface area contributed by atoms with Crippen molar-refractivity contribution in [3.8, 4) is 0 Å². The van der Waals surface area contributed by atoms with E-state index >= 15 is 0 Å². The Bertz CT molecular complexity index is 433. The van der Waals surface area contributed by atoms with E-state index in [1.807, 2.05) is 12.1 Å². The van der Waals surface area contributed by atoms with Crippen LogP contribution in [-0.2, 0) is 0 Å². The Balaban J connectivity index is 2.24. The van der Waals surface area contributed by atoms with Gasteiger partial charge >= 0.3 is 0 Å². The Labute approximate surface area is 120 Å². The largest absolute Gasteiger partial charge is 0.314 e. The molecular weight excluding hydrogens is 265 g/mol. The van der Waals surface area contributed by atoms with E-state index in [2.05, 4.69) is 32.2 Å². The summed E-state index contributed by atoms with van der Waals surface area (Å²) < 4.78 is 0. The second-order valence-electron chi connectivity index (χ2n) is 5.42. The van der Waals surface area contributed by atoms with E-state index in [1.54, 1.807) is 0 Å². The van der Waals surface area contributed by atoms with Crippen LogP contribution in [0.1, 0.15) is 45.1 Å². The molecule has 1 aromatic carbocycles. The molecule has 1 N–H and O–H groups in total. The number of benzene rings is 1. The third-order valence-electron chi connectivity index (χ3n) is 4.61. The molecule has 1 nitrogen and oxygen atoms in total. The predicted octanol–water partition coefficient (Wildman–Crippen LogP) is 4.88. The van der Waals surface area contributed by atoms with Crippen LogP contribution in [0.3, 0.4) is 0 Å². The van der Waals surface area contributed by atoms with Crippen LogP contribution < -0.4 is 5.32 Å². The molecule has 0 radical (unpaired) electrons. The molecule has 0 spiro atoms. The molecule has 100 valence electrons. The molecule has 0 amide bonds. The van der Waals surface area contributed by atoms with Crippen molar-refractivity contribution in [2.45, 2.75) is 45.6 Å². The van der Waals surface area contributed by atoms with E-state index in [0.717, 1.165) is 18.0 Å². The minimum Gasteiger partial charge on any atom is -0.314 e. The van der Waals surface area contributed by atoms with Crippen LogP contribution in [0.25, 0.3) is 0 Å². The van der Waals surface area contributed by atoms with Crippen LogP contribution in [0, 0.1) is 5.41 Å². The Morgan fingerprint density at radius 1 is 1.33 bits per heavy atom. The van der Waals surface area contributed by atoms with Gasteiger partial charge in [-0.15, -0.1) is 0 Å². The highest BCUT2D eigenvalue weighted by Crippen LogP contribution is 2.56. The summed E-state index contributed by atoms with van der Waals surface area (Å²) in [4.78, 5) is 0. The topological polar surface area (TPSA) is 12.0 Å². The summed E-state index contributed by atoms with van der Waals surface area (Å²) in [6.45, 7) is 7.82. The van der Waals surface area contributed by atoms with Crippen LogP contribution in [0.15, 0.2) is 18.2 Å². The predicted molar refractivity (Wildman–Crippen MR) is 79.7 cm³/mol. The van der Waals surface area contributed by atoms with Crippen molar-refractivity contribution in [1.82, 2.24) is 5.32 Å². The zero-order valence-electron chi connectivity index (χ0n) is 11.3. The van der Waals surface area contributed by atoms with Gasteiger partial charge in [-0.1, -0.05) is 50.0 Å². The van der Waals surface area contributed by atoms with E-state index in [1.165, 1.54) is 12.0 Å². The summed E-state index contributed by atoms with van der Waals surface area (Å²) >= 11 is 12.3. The number of halogens is 2. The highest BCUT2D eigenvalue weighted by molar-refractivity contribution is 6.35. The normalized spacial score (nSPS) is 31.2. The summed E-state index contributed by atoms with van der Waals surface area (Å²) in [7, 11) is 0. The zero-order valence-corrected chi connectivity index (χ0v) is 12.8. The second-order valence-corrected chi connectivity index (χ2v) is 6.27. The standard InChI is InChI=1S/C15H21Cl2N/c1-4-15(3)12(9-14(15)18-5-2)11-7-6-10(16)8-13(11)17/h6-8,12,14,18H,4-5,9H2,1-3H3. The summed E-state index contributed by atoms with van der Waals surface area (Å²) in [5.74, 6) is 0.538.